The summed E-state index contributed by atoms with van der Waals surface area (Å²) in [4.78, 5) is 15.2. The molecule has 0 fully saturated rings. The molecule has 4 rings (SSSR count). The maximum atomic E-state index is 13.4. The van der Waals surface area contributed by atoms with E-state index >= 15 is 0 Å². The van der Waals surface area contributed by atoms with Gasteiger partial charge < -0.3 is 9.47 Å². The Hall–Kier alpha value is -3.28. The van der Waals surface area contributed by atoms with Crippen LogP contribution >= 0.6 is 0 Å². The van der Waals surface area contributed by atoms with Gasteiger partial charge >= 0.3 is 0 Å². The molecular weight excluding hydrogens is 342 g/mol. The monoisotopic (exact) mass is 363 g/mol. The third kappa shape index (κ3) is 3.14. The van der Waals surface area contributed by atoms with Crippen molar-refractivity contribution in [2.45, 2.75) is 19.9 Å². The van der Waals surface area contributed by atoms with E-state index in [0.717, 1.165) is 11.4 Å². The van der Waals surface area contributed by atoms with Crippen molar-refractivity contribution in [3.8, 4) is 17.2 Å². The minimum atomic E-state index is -0.198. The van der Waals surface area contributed by atoms with Crippen LogP contribution in [0.2, 0.25) is 0 Å². The Labute approximate surface area is 157 Å². The van der Waals surface area contributed by atoms with Gasteiger partial charge in [0.15, 0.2) is 11.4 Å². The summed E-state index contributed by atoms with van der Waals surface area (Å²) >= 11 is 0. The number of ether oxygens (including phenoxy) is 2. The lowest BCUT2D eigenvalue weighted by Gasteiger charge is -2.34. The molecule has 0 saturated heterocycles. The summed E-state index contributed by atoms with van der Waals surface area (Å²) in [6.07, 6.45) is 1.75. The number of aromatic nitrogens is 2. The van der Waals surface area contributed by atoms with Gasteiger partial charge in [-0.3, -0.25) is 9.69 Å². The number of fused-ring (bicyclic) bond motifs is 1. The van der Waals surface area contributed by atoms with Crippen molar-refractivity contribution in [2.24, 2.45) is 0 Å². The van der Waals surface area contributed by atoms with E-state index in [-0.39, 0.29) is 11.9 Å². The first-order valence-electron chi connectivity index (χ1n) is 9.02. The zero-order valence-electron chi connectivity index (χ0n) is 15.3. The second-order valence-corrected chi connectivity index (χ2v) is 6.36. The highest BCUT2D eigenvalue weighted by atomic mass is 16.5. The van der Waals surface area contributed by atoms with Crippen molar-refractivity contribution in [3.05, 3.63) is 66.5 Å². The summed E-state index contributed by atoms with van der Waals surface area (Å²) in [6.45, 7) is 4.74. The third-order valence-electron chi connectivity index (χ3n) is 4.47. The van der Waals surface area contributed by atoms with Crippen LogP contribution in [-0.4, -0.2) is 34.9 Å². The Kier molecular flexibility index (Phi) is 4.54. The van der Waals surface area contributed by atoms with Crippen LogP contribution in [0.5, 0.6) is 11.5 Å². The molecule has 0 radical (unpaired) electrons. The fourth-order valence-electron chi connectivity index (χ4n) is 3.20. The number of hydrogen-bond acceptors (Lipinski definition) is 4. The molecule has 0 aliphatic carbocycles. The minimum Gasteiger partial charge on any atom is -0.490 e. The quantitative estimate of drug-likeness (QED) is 0.709. The van der Waals surface area contributed by atoms with Crippen LogP contribution in [0.1, 0.15) is 24.3 Å². The molecule has 1 unspecified atom stereocenters. The molecular formula is C21H21N3O3. The number of anilines is 1. The van der Waals surface area contributed by atoms with Crippen LogP contribution in [0.25, 0.3) is 5.69 Å². The van der Waals surface area contributed by atoms with Crippen molar-refractivity contribution in [2.75, 3.05) is 18.1 Å². The van der Waals surface area contributed by atoms with Gasteiger partial charge in [0.05, 0.1) is 30.2 Å². The summed E-state index contributed by atoms with van der Waals surface area (Å²) in [5, 5.41) is 4.54. The molecule has 3 aromatic rings. The van der Waals surface area contributed by atoms with E-state index in [2.05, 4.69) is 5.10 Å². The van der Waals surface area contributed by atoms with Gasteiger partial charge in [0.2, 0.25) is 0 Å². The molecule has 1 amide bonds. The topological polar surface area (TPSA) is 56.6 Å². The summed E-state index contributed by atoms with van der Waals surface area (Å²) in [5.41, 5.74) is 1.91. The molecule has 0 spiro atoms. The second-order valence-electron chi connectivity index (χ2n) is 6.36. The van der Waals surface area contributed by atoms with E-state index < -0.39 is 0 Å². The molecule has 1 aliphatic heterocycles. The summed E-state index contributed by atoms with van der Waals surface area (Å²) < 4.78 is 13.1. The van der Waals surface area contributed by atoms with Gasteiger partial charge in [-0.05, 0) is 38.1 Å². The summed E-state index contributed by atoms with van der Waals surface area (Å²) in [5.74, 6) is 0.975. The highest BCUT2D eigenvalue weighted by molar-refractivity contribution is 6.08. The SMILES string of the molecule is CCOc1cn(-c2ccccc2)nc1C(=O)N1c2ccccc2OCC1C. The van der Waals surface area contributed by atoms with Gasteiger partial charge in [-0.2, -0.15) is 5.10 Å². The Bertz CT molecular complexity index is 952. The van der Waals surface area contributed by atoms with Crippen LogP contribution in [0.4, 0.5) is 5.69 Å². The molecule has 2 aromatic carbocycles. The van der Waals surface area contributed by atoms with Gasteiger partial charge in [-0.15, -0.1) is 0 Å². The Morgan fingerprint density at radius 1 is 1.19 bits per heavy atom. The molecule has 27 heavy (non-hydrogen) atoms. The number of nitrogens with zero attached hydrogens (tertiary/aromatic N) is 3. The first-order chi connectivity index (χ1) is 13.2. The van der Waals surface area contributed by atoms with Gasteiger partial charge in [0, 0.05) is 0 Å². The van der Waals surface area contributed by atoms with Crippen LogP contribution in [-0.2, 0) is 0 Å². The molecule has 6 nitrogen and oxygen atoms in total. The largest absolute Gasteiger partial charge is 0.490 e. The number of benzene rings is 2. The van der Waals surface area contributed by atoms with E-state index in [1.165, 1.54) is 0 Å². The van der Waals surface area contributed by atoms with Crippen molar-refractivity contribution in [1.29, 1.82) is 0 Å². The molecule has 0 N–H and O–H groups in total. The molecule has 1 aliphatic rings. The van der Waals surface area contributed by atoms with E-state index in [1.54, 1.807) is 15.8 Å². The summed E-state index contributed by atoms with van der Waals surface area (Å²) in [7, 11) is 0. The van der Waals surface area contributed by atoms with Crippen LogP contribution in [0, 0.1) is 0 Å². The molecule has 0 bridgehead atoms. The number of carbonyl (C=O) groups excluding carboxylic acids is 1. The van der Waals surface area contributed by atoms with Gasteiger partial charge in [0.1, 0.15) is 12.4 Å². The highest BCUT2D eigenvalue weighted by Gasteiger charge is 2.33. The second kappa shape index (κ2) is 7.15. The van der Waals surface area contributed by atoms with Crippen molar-refractivity contribution >= 4 is 11.6 Å². The van der Waals surface area contributed by atoms with E-state index in [4.69, 9.17) is 9.47 Å². The average Bonchev–Trinajstić information content (AvgIpc) is 3.12. The fourth-order valence-corrected chi connectivity index (χ4v) is 3.20. The molecule has 2 heterocycles. The van der Waals surface area contributed by atoms with Gasteiger partial charge in [-0.25, -0.2) is 4.68 Å². The number of amides is 1. The standard InChI is InChI=1S/C21H21N3O3/c1-3-26-19-13-23(16-9-5-4-6-10-16)22-20(19)21(25)24-15(2)14-27-18-12-8-7-11-17(18)24/h4-13,15H,3,14H2,1-2H3. The van der Waals surface area contributed by atoms with E-state index in [0.29, 0.717) is 30.4 Å². The lowest BCUT2D eigenvalue weighted by Crippen LogP contribution is -2.45. The molecule has 1 aromatic heterocycles. The minimum absolute atomic E-state index is 0.108. The number of carbonyl (C=O) groups is 1. The zero-order valence-corrected chi connectivity index (χ0v) is 15.3. The normalized spacial score (nSPS) is 15.8. The van der Waals surface area contributed by atoms with Crippen LogP contribution in [0.15, 0.2) is 60.8 Å². The van der Waals surface area contributed by atoms with Gasteiger partial charge in [0.25, 0.3) is 5.91 Å². The first-order valence-corrected chi connectivity index (χ1v) is 9.02. The maximum absolute atomic E-state index is 13.4. The lowest BCUT2D eigenvalue weighted by atomic mass is 10.1. The van der Waals surface area contributed by atoms with Crippen LogP contribution < -0.4 is 14.4 Å². The van der Waals surface area contributed by atoms with Crippen molar-refractivity contribution in [1.82, 2.24) is 9.78 Å². The molecule has 138 valence electrons. The lowest BCUT2D eigenvalue weighted by molar-refractivity contribution is 0.0952. The Balaban J connectivity index is 1.76. The molecule has 0 saturated carbocycles. The van der Waals surface area contributed by atoms with E-state index in [9.17, 15) is 4.79 Å². The number of para-hydroxylation sites is 3. The third-order valence-corrected chi connectivity index (χ3v) is 4.47. The highest BCUT2D eigenvalue weighted by Crippen LogP contribution is 2.35. The maximum Gasteiger partial charge on any atom is 0.283 e. The first kappa shape index (κ1) is 17.1. The average molecular weight is 363 g/mol. The predicted octanol–water partition coefficient (Wildman–Crippen LogP) is 3.70. The number of hydrogen-bond donors (Lipinski definition) is 0. The van der Waals surface area contributed by atoms with E-state index in [1.807, 2.05) is 68.4 Å². The van der Waals surface area contributed by atoms with Gasteiger partial charge in [-0.1, -0.05) is 30.3 Å². The number of rotatable bonds is 4. The Morgan fingerprint density at radius 3 is 2.70 bits per heavy atom. The predicted molar refractivity (Wildman–Crippen MR) is 103 cm³/mol. The Morgan fingerprint density at radius 2 is 1.93 bits per heavy atom. The summed E-state index contributed by atoms with van der Waals surface area (Å²) in [6, 6.07) is 17.1. The van der Waals surface area contributed by atoms with Crippen LogP contribution in [0.3, 0.4) is 0 Å². The van der Waals surface area contributed by atoms with Crippen molar-refractivity contribution in [3.63, 3.8) is 0 Å². The molecule has 6 heteroatoms. The fraction of sp³-hybridized carbons (Fsp3) is 0.238. The molecule has 1 atom stereocenters. The smallest absolute Gasteiger partial charge is 0.283 e. The zero-order chi connectivity index (χ0) is 18.8. The van der Waals surface area contributed by atoms with Crippen molar-refractivity contribution < 1.29 is 14.3 Å².